The zero-order valence-electron chi connectivity index (χ0n) is 10.8. The molecule has 2 aromatic carbocycles. The molecule has 1 aliphatic rings. The lowest BCUT2D eigenvalue weighted by molar-refractivity contribution is -0.145. The van der Waals surface area contributed by atoms with Gasteiger partial charge in [-0.15, -0.1) is 0 Å². The summed E-state index contributed by atoms with van der Waals surface area (Å²) in [5.41, 5.74) is 2.13. The molecule has 4 heteroatoms. The van der Waals surface area contributed by atoms with Gasteiger partial charge in [0, 0.05) is 10.0 Å². The summed E-state index contributed by atoms with van der Waals surface area (Å²) >= 11 is 11.9. The zero-order chi connectivity index (χ0) is 13.9. The summed E-state index contributed by atoms with van der Waals surface area (Å²) < 4.78 is 11.8. The smallest absolute Gasteiger partial charge is 0.113 e. The number of benzene rings is 2. The molecule has 0 N–H and O–H groups in total. The van der Waals surface area contributed by atoms with Crippen molar-refractivity contribution in [2.24, 2.45) is 0 Å². The van der Waals surface area contributed by atoms with Gasteiger partial charge in [-0.1, -0.05) is 47.5 Å². The lowest BCUT2D eigenvalue weighted by Crippen LogP contribution is -2.26. The van der Waals surface area contributed by atoms with E-state index in [0.29, 0.717) is 23.3 Å². The SMILES string of the molecule is Clc1ccc(C2OCCOC2c2ccc(Cl)cc2)cc1. The lowest BCUT2D eigenvalue weighted by Gasteiger charge is -2.32. The van der Waals surface area contributed by atoms with Crippen molar-refractivity contribution in [3.8, 4) is 0 Å². The first-order valence-corrected chi connectivity index (χ1v) is 7.24. The van der Waals surface area contributed by atoms with Gasteiger partial charge in [0.2, 0.25) is 0 Å². The van der Waals surface area contributed by atoms with Crippen LogP contribution in [0.15, 0.2) is 48.5 Å². The van der Waals surface area contributed by atoms with Crippen molar-refractivity contribution in [2.45, 2.75) is 12.2 Å². The maximum absolute atomic E-state index is 5.93. The summed E-state index contributed by atoms with van der Waals surface area (Å²) in [7, 11) is 0. The summed E-state index contributed by atoms with van der Waals surface area (Å²) in [5, 5.41) is 1.43. The Morgan fingerprint density at radius 3 is 1.35 bits per heavy atom. The second-order valence-electron chi connectivity index (χ2n) is 4.69. The highest BCUT2D eigenvalue weighted by Gasteiger charge is 2.29. The Kier molecular flexibility index (Phi) is 4.27. The fourth-order valence-electron chi connectivity index (χ4n) is 2.37. The minimum Gasteiger partial charge on any atom is -0.368 e. The molecule has 1 heterocycles. The molecule has 0 aromatic heterocycles. The zero-order valence-corrected chi connectivity index (χ0v) is 12.3. The van der Waals surface area contributed by atoms with Crippen LogP contribution in [-0.4, -0.2) is 13.2 Å². The van der Waals surface area contributed by atoms with Crippen LogP contribution >= 0.6 is 23.2 Å². The van der Waals surface area contributed by atoms with Crippen molar-refractivity contribution in [3.05, 3.63) is 69.7 Å². The Balaban J connectivity index is 1.90. The van der Waals surface area contributed by atoms with Crippen LogP contribution in [0.1, 0.15) is 23.3 Å². The molecule has 104 valence electrons. The predicted octanol–water partition coefficient (Wildman–Crippen LogP) is 4.82. The van der Waals surface area contributed by atoms with Gasteiger partial charge in [0.05, 0.1) is 13.2 Å². The Hall–Kier alpha value is -1.06. The fraction of sp³-hybridized carbons (Fsp3) is 0.250. The molecule has 0 aliphatic carbocycles. The van der Waals surface area contributed by atoms with E-state index in [0.717, 1.165) is 11.1 Å². The van der Waals surface area contributed by atoms with Crippen LogP contribution in [0.25, 0.3) is 0 Å². The number of ether oxygens (including phenoxy) is 2. The van der Waals surface area contributed by atoms with Gasteiger partial charge >= 0.3 is 0 Å². The summed E-state index contributed by atoms with van der Waals surface area (Å²) in [6.45, 7) is 1.19. The van der Waals surface area contributed by atoms with Gasteiger partial charge in [0.15, 0.2) is 0 Å². The van der Waals surface area contributed by atoms with E-state index in [1.54, 1.807) is 0 Å². The third-order valence-electron chi connectivity index (χ3n) is 3.35. The van der Waals surface area contributed by atoms with Crippen molar-refractivity contribution >= 4 is 23.2 Å². The molecule has 1 fully saturated rings. The molecule has 2 aromatic rings. The second-order valence-corrected chi connectivity index (χ2v) is 5.56. The van der Waals surface area contributed by atoms with Crippen LogP contribution in [0, 0.1) is 0 Å². The molecule has 0 bridgehead atoms. The molecule has 3 rings (SSSR count). The Morgan fingerprint density at radius 2 is 1.00 bits per heavy atom. The van der Waals surface area contributed by atoms with Crippen LogP contribution in [0.4, 0.5) is 0 Å². The van der Waals surface area contributed by atoms with E-state index in [4.69, 9.17) is 32.7 Å². The lowest BCUT2D eigenvalue weighted by atomic mass is 9.97. The van der Waals surface area contributed by atoms with E-state index in [2.05, 4.69) is 0 Å². The molecule has 0 spiro atoms. The molecule has 2 nitrogen and oxygen atoms in total. The molecular formula is C16H14Cl2O2. The second kappa shape index (κ2) is 6.15. The van der Waals surface area contributed by atoms with Gasteiger partial charge in [-0.25, -0.2) is 0 Å². The van der Waals surface area contributed by atoms with Crippen LogP contribution < -0.4 is 0 Å². The van der Waals surface area contributed by atoms with Gasteiger partial charge in [-0.2, -0.15) is 0 Å². The van der Waals surface area contributed by atoms with Crippen molar-refractivity contribution in [3.63, 3.8) is 0 Å². The van der Waals surface area contributed by atoms with Crippen LogP contribution in [0.2, 0.25) is 10.0 Å². The number of hydrogen-bond acceptors (Lipinski definition) is 2. The quantitative estimate of drug-likeness (QED) is 0.791. The Morgan fingerprint density at radius 1 is 0.650 bits per heavy atom. The topological polar surface area (TPSA) is 18.5 Å². The van der Waals surface area contributed by atoms with E-state index in [1.807, 2.05) is 48.5 Å². The third-order valence-corrected chi connectivity index (χ3v) is 3.85. The molecule has 0 saturated carbocycles. The summed E-state index contributed by atoms with van der Waals surface area (Å²) in [6, 6.07) is 15.4. The average molecular weight is 309 g/mol. The monoisotopic (exact) mass is 308 g/mol. The van der Waals surface area contributed by atoms with Gasteiger partial charge in [-0.3, -0.25) is 0 Å². The summed E-state index contributed by atoms with van der Waals surface area (Å²) in [4.78, 5) is 0. The molecule has 1 saturated heterocycles. The van der Waals surface area contributed by atoms with E-state index in [9.17, 15) is 0 Å². The summed E-state index contributed by atoms with van der Waals surface area (Å²) in [6.07, 6.45) is -0.246. The number of halogens is 2. The Labute approximate surface area is 128 Å². The minimum atomic E-state index is -0.123. The standard InChI is InChI=1S/C16H14Cl2O2/c17-13-5-1-11(2-6-13)15-16(20-10-9-19-15)12-3-7-14(18)8-4-12/h1-8,15-16H,9-10H2. The third kappa shape index (κ3) is 2.99. The van der Waals surface area contributed by atoms with Gasteiger partial charge in [0.1, 0.15) is 12.2 Å². The van der Waals surface area contributed by atoms with Crippen molar-refractivity contribution in [1.29, 1.82) is 0 Å². The summed E-state index contributed by atoms with van der Waals surface area (Å²) in [5.74, 6) is 0. The molecule has 1 aliphatic heterocycles. The van der Waals surface area contributed by atoms with Crippen molar-refractivity contribution in [2.75, 3.05) is 13.2 Å². The Bertz CT molecular complexity index is 513. The van der Waals surface area contributed by atoms with Crippen molar-refractivity contribution < 1.29 is 9.47 Å². The minimum absolute atomic E-state index is 0.123. The highest BCUT2D eigenvalue weighted by atomic mass is 35.5. The molecule has 2 atom stereocenters. The van der Waals surface area contributed by atoms with Gasteiger partial charge in [0.25, 0.3) is 0 Å². The molecular weight excluding hydrogens is 295 g/mol. The van der Waals surface area contributed by atoms with E-state index < -0.39 is 0 Å². The van der Waals surface area contributed by atoms with Crippen LogP contribution in [0.5, 0.6) is 0 Å². The van der Waals surface area contributed by atoms with Crippen LogP contribution in [-0.2, 0) is 9.47 Å². The predicted molar refractivity (Wildman–Crippen MR) is 80.3 cm³/mol. The van der Waals surface area contributed by atoms with Crippen LogP contribution in [0.3, 0.4) is 0 Å². The van der Waals surface area contributed by atoms with Gasteiger partial charge in [-0.05, 0) is 35.4 Å². The first kappa shape index (κ1) is 13.9. The fourth-order valence-corrected chi connectivity index (χ4v) is 2.62. The number of rotatable bonds is 2. The van der Waals surface area contributed by atoms with Crippen molar-refractivity contribution in [1.82, 2.24) is 0 Å². The first-order valence-electron chi connectivity index (χ1n) is 6.48. The number of hydrogen-bond donors (Lipinski definition) is 0. The average Bonchev–Trinajstić information content (AvgIpc) is 2.49. The van der Waals surface area contributed by atoms with E-state index in [-0.39, 0.29) is 12.2 Å². The largest absolute Gasteiger partial charge is 0.368 e. The first-order chi connectivity index (χ1) is 9.74. The molecule has 2 unspecified atom stereocenters. The maximum atomic E-state index is 5.93. The molecule has 0 radical (unpaired) electrons. The molecule has 0 amide bonds. The maximum Gasteiger partial charge on any atom is 0.113 e. The highest BCUT2D eigenvalue weighted by Crippen LogP contribution is 2.38. The van der Waals surface area contributed by atoms with Gasteiger partial charge < -0.3 is 9.47 Å². The normalized spacial score (nSPS) is 22.7. The molecule has 20 heavy (non-hydrogen) atoms. The highest BCUT2D eigenvalue weighted by molar-refractivity contribution is 6.30. The van der Waals surface area contributed by atoms with E-state index >= 15 is 0 Å². The van der Waals surface area contributed by atoms with E-state index in [1.165, 1.54) is 0 Å².